The van der Waals surface area contributed by atoms with Gasteiger partial charge in [0.15, 0.2) is 0 Å². The molecular formula is C10H6F6N2. The Morgan fingerprint density at radius 1 is 1.06 bits per heavy atom. The average molecular weight is 268 g/mol. The van der Waals surface area contributed by atoms with Gasteiger partial charge in [0.1, 0.15) is 0 Å². The summed E-state index contributed by atoms with van der Waals surface area (Å²) in [4.78, 5) is 0. The molecule has 0 radical (unpaired) electrons. The minimum Gasteiger partial charge on any atom is -0.326 e. The second kappa shape index (κ2) is 4.49. The van der Waals surface area contributed by atoms with E-state index < -0.39 is 35.6 Å². The highest BCUT2D eigenvalue weighted by Gasteiger charge is 2.45. The summed E-state index contributed by atoms with van der Waals surface area (Å²) in [6.45, 7) is -0.393. The lowest BCUT2D eigenvalue weighted by atomic mass is 9.97. The Balaban J connectivity index is 3.71. The fraction of sp³-hybridized carbons (Fsp3) is 0.300. The monoisotopic (exact) mass is 268 g/mol. The molecule has 0 saturated carbocycles. The summed E-state index contributed by atoms with van der Waals surface area (Å²) in [6.07, 6.45) is -10.5. The summed E-state index contributed by atoms with van der Waals surface area (Å²) in [5.74, 6) is 0. The number of alkyl halides is 6. The molecule has 0 fully saturated rings. The maximum atomic E-state index is 12.6. The van der Waals surface area contributed by atoms with Crippen LogP contribution in [0.4, 0.5) is 26.3 Å². The molecule has 18 heavy (non-hydrogen) atoms. The molecule has 0 atom stereocenters. The molecule has 0 aliphatic rings. The Morgan fingerprint density at radius 3 is 1.94 bits per heavy atom. The summed E-state index contributed by atoms with van der Waals surface area (Å²) in [6, 6.07) is 2.13. The van der Waals surface area contributed by atoms with Crippen molar-refractivity contribution in [2.24, 2.45) is 5.73 Å². The second-order valence-electron chi connectivity index (χ2n) is 3.38. The highest BCUT2D eigenvalue weighted by atomic mass is 19.4. The van der Waals surface area contributed by atoms with Gasteiger partial charge in [-0.3, -0.25) is 0 Å². The van der Waals surface area contributed by atoms with Crippen LogP contribution < -0.4 is 5.73 Å². The van der Waals surface area contributed by atoms with E-state index in [1.54, 1.807) is 0 Å². The summed E-state index contributed by atoms with van der Waals surface area (Å²) < 4.78 is 75.4. The van der Waals surface area contributed by atoms with Gasteiger partial charge in [-0.1, -0.05) is 0 Å². The highest BCUT2D eigenvalue weighted by Crippen LogP contribution is 2.42. The Kier molecular flexibility index (Phi) is 3.57. The molecule has 0 aliphatic carbocycles. The predicted octanol–water partition coefficient (Wildman–Crippen LogP) is 3.05. The first-order valence-corrected chi connectivity index (χ1v) is 4.52. The number of rotatable bonds is 1. The number of hydrogen-bond acceptors (Lipinski definition) is 2. The van der Waals surface area contributed by atoms with E-state index in [1.165, 1.54) is 0 Å². The van der Waals surface area contributed by atoms with Gasteiger partial charge in [0.2, 0.25) is 0 Å². The zero-order chi connectivity index (χ0) is 14.1. The van der Waals surface area contributed by atoms with Crippen molar-refractivity contribution in [3.63, 3.8) is 0 Å². The van der Waals surface area contributed by atoms with E-state index in [2.05, 4.69) is 0 Å². The molecule has 2 nitrogen and oxygen atoms in total. The van der Waals surface area contributed by atoms with Crippen LogP contribution >= 0.6 is 0 Å². The van der Waals surface area contributed by atoms with Crippen LogP contribution in [-0.2, 0) is 18.9 Å². The molecule has 1 aromatic rings. The van der Waals surface area contributed by atoms with Gasteiger partial charge in [-0.05, 0) is 17.7 Å². The molecule has 98 valence electrons. The number of nitrogens with zero attached hydrogens (tertiary/aromatic N) is 1. The van der Waals surface area contributed by atoms with Crippen LogP contribution in [0.15, 0.2) is 12.1 Å². The van der Waals surface area contributed by atoms with Crippen molar-refractivity contribution in [1.29, 1.82) is 5.26 Å². The molecular weight excluding hydrogens is 262 g/mol. The molecule has 0 bridgehead atoms. The summed E-state index contributed by atoms with van der Waals surface area (Å²) in [5, 5.41) is 8.53. The lowest BCUT2D eigenvalue weighted by molar-refractivity contribution is -0.162. The Hall–Kier alpha value is -1.75. The zero-order valence-electron chi connectivity index (χ0n) is 8.65. The topological polar surface area (TPSA) is 49.8 Å². The third-order valence-corrected chi connectivity index (χ3v) is 2.14. The van der Waals surface area contributed by atoms with Crippen molar-refractivity contribution >= 4 is 0 Å². The van der Waals surface area contributed by atoms with Crippen LogP contribution in [0.2, 0.25) is 0 Å². The SMILES string of the molecule is N#Cc1cc(CN)cc(C(F)(F)F)c1C(F)(F)F. The molecule has 8 heteroatoms. The summed E-state index contributed by atoms with van der Waals surface area (Å²) >= 11 is 0. The third kappa shape index (κ3) is 2.73. The van der Waals surface area contributed by atoms with Gasteiger partial charge in [0.25, 0.3) is 0 Å². The van der Waals surface area contributed by atoms with Gasteiger partial charge in [-0.2, -0.15) is 31.6 Å². The largest absolute Gasteiger partial charge is 0.418 e. The van der Waals surface area contributed by atoms with Crippen LogP contribution in [0.25, 0.3) is 0 Å². The van der Waals surface area contributed by atoms with E-state index in [-0.39, 0.29) is 5.56 Å². The Labute approximate surface area is 97.6 Å². The maximum Gasteiger partial charge on any atom is 0.418 e. The lowest BCUT2D eigenvalue weighted by Gasteiger charge is -2.17. The minimum absolute atomic E-state index is 0.188. The molecule has 0 aliphatic heterocycles. The van der Waals surface area contributed by atoms with Crippen LogP contribution in [-0.4, -0.2) is 0 Å². The quantitative estimate of drug-likeness (QED) is 0.796. The van der Waals surface area contributed by atoms with Crippen molar-refractivity contribution in [2.45, 2.75) is 18.9 Å². The van der Waals surface area contributed by atoms with Crippen molar-refractivity contribution in [1.82, 2.24) is 0 Å². The molecule has 0 heterocycles. The summed E-state index contributed by atoms with van der Waals surface area (Å²) in [7, 11) is 0. The second-order valence-corrected chi connectivity index (χ2v) is 3.38. The lowest BCUT2D eigenvalue weighted by Crippen LogP contribution is -2.19. The van der Waals surface area contributed by atoms with Crippen LogP contribution in [0.5, 0.6) is 0 Å². The number of benzene rings is 1. The fourth-order valence-corrected chi connectivity index (χ4v) is 1.44. The maximum absolute atomic E-state index is 12.6. The molecule has 1 rings (SSSR count). The van der Waals surface area contributed by atoms with E-state index in [9.17, 15) is 26.3 Å². The smallest absolute Gasteiger partial charge is 0.326 e. The molecule has 0 aromatic heterocycles. The first kappa shape index (κ1) is 14.3. The highest BCUT2D eigenvalue weighted by molar-refractivity contribution is 5.48. The van der Waals surface area contributed by atoms with Gasteiger partial charge in [-0.15, -0.1) is 0 Å². The minimum atomic E-state index is -5.26. The van der Waals surface area contributed by atoms with E-state index in [1.807, 2.05) is 0 Å². The third-order valence-electron chi connectivity index (χ3n) is 2.14. The number of nitriles is 1. The number of halogens is 6. The predicted molar refractivity (Wildman–Crippen MR) is 49.1 cm³/mol. The van der Waals surface area contributed by atoms with Gasteiger partial charge in [-0.25, -0.2) is 0 Å². The van der Waals surface area contributed by atoms with E-state index in [0.717, 1.165) is 6.07 Å². The average Bonchev–Trinajstić information content (AvgIpc) is 2.24. The van der Waals surface area contributed by atoms with Gasteiger partial charge in [0, 0.05) is 6.54 Å². The Bertz CT molecular complexity index is 495. The first-order valence-electron chi connectivity index (χ1n) is 4.52. The van der Waals surface area contributed by atoms with Gasteiger partial charge in [0.05, 0.1) is 22.8 Å². The molecule has 0 saturated heterocycles. The van der Waals surface area contributed by atoms with Crippen LogP contribution in [0.1, 0.15) is 22.3 Å². The zero-order valence-corrected chi connectivity index (χ0v) is 8.65. The molecule has 0 spiro atoms. The normalized spacial score (nSPS) is 12.3. The van der Waals surface area contributed by atoms with E-state index in [0.29, 0.717) is 12.1 Å². The standard InChI is InChI=1S/C10H6F6N2/c11-9(12,13)7-2-5(3-17)1-6(4-18)8(7)10(14,15)16/h1-2H,3,17H2. The summed E-state index contributed by atoms with van der Waals surface area (Å²) in [5.41, 5.74) is -0.0579. The van der Waals surface area contributed by atoms with Crippen molar-refractivity contribution < 1.29 is 26.3 Å². The number of nitrogens with two attached hydrogens (primary N) is 1. The fourth-order valence-electron chi connectivity index (χ4n) is 1.44. The van der Waals surface area contributed by atoms with Crippen LogP contribution in [0.3, 0.4) is 0 Å². The first-order chi connectivity index (χ1) is 8.11. The molecule has 0 amide bonds. The van der Waals surface area contributed by atoms with Crippen molar-refractivity contribution in [3.8, 4) is 6.07 Å². The van der Waals surface area contributed by atoms with Crippen molar-refractivity contribution in [2.75, 3.05) is 0 Å². The van der Waals surface area contributed by atoms with Gasteiger partial charge >= 0.3 is 12.4 Å². The molecule has 2 N–H and O–H groups in total. The molecule has 1 aromatic carbocycles. The molecule has 0 unspecified atom stereocenters. The van der Waals surface area contributed by atoms with Crippen LogP contribution in [0, 0.1) is 11.3 Å². The van der Waals surface area contributed by atoms with Gasteiger partial charge < -0.3 is 5.73 Å². The Morgan fingerprint density at radius 2 is 1.61 bits per heavy atom. The number of hydrogen-bond donors (Lipinski definition) is 1. The van der Waals surface area contributed by atoms with E-state index in [4.69, 9.17) is 11.0 Å². The van der Waals surface area contributed by atoms with Crippen molar-refractivity contribution in [3.05, 3.63) is 34.4 Å². The van der Waals surface area contributed by atoms with E-state index >= 15 is 0 Å².